The van der Waals surface area contributed by atoms with Gasteiger partial charge in [-0.1, -0.05) is 44.2 Å². The number of likely N-dealkylation sites (N-methyl/N-ethyl adjacent to an activating group) is 1. The van der Waals surface area contributed by atoms with E-state index in [1.807, 2.05) is 18.2 Å². The van der Waals surface area contributed by atoms with Crippen LogP contribution >= 0.6 is 0 Å². The molecule has 0 heterocycles. The zero-order chi connectivity index (χ0) is 14.6. The lowest BCUT2D eigenvalue weighted by Gasteiger charge is -2.19. The summed E-state index contributed by atoms with van der Waals surface area (Å²) in [6.07, 6.45) is 0. The predicted molar refractivity (Wildman–Crippen MR) is 87.0 cm³/mol. The highest BCUT2D eigenvalue weighted by atomic mass is 15.2. The van der Waals surface area contributed by atoms with E-state index in [0.717, 1.165) is 38.7 Å². The lowest BCUT2D eigenvalue weighted by molar-refractivity contribution is 0.308. The Morgan fingerprint density at radius 3 is 2.35 bits per heavy atom. The summed E-state index contributed by atoms with van der Waals surface area (Å²) < 4.78 is 0. The summed E-state index contributed by atoms with van der Waals surface area (Å²) in [6.45, 7) is 12.2. The Morgan fingerprint density at radius 1 is 1.05 bits per heavy atom. The largest absolute Gasteiger partial charge is 0.357 e. The summed E-state index contributed by atoms with van der Waals surface area (Å²) in [4.78, 5) is 7.00. The number of nitrogens with zero attached hydrogens (tertiary/aromatic N) is 2. The highest BCUT2D eigenvalue weighted by Gasteiger charge is 2.00. The van der Waals surface area contributed by atoms with Gasteiger partial charge in [-0.3, -0.25) is 0 Å². The first-order valence-electron chi connectivity index (χ1n) is 7.58. The van der Waals surface area contributed by atoms with Crippen LogP contribution in [0.4, 0.5) is 0 Å². The molecule has 0 amide bonds. The van der Waals surface area contributed by atoms with E-state index in [1.54, 1.807) is 0 Å². The molecule has 0 radical (unpaired) electrons. The number of aliphatic imine (C=N–C) groups is 1. The van der Waals surface area contributed by atoms with Crippen LogP contribution in [0.15, 0.2) is 35.3 Å². The molecule has 20 heavy (non-hydrogen) atoms. The maximum Gasteiger partial charge on any atom is 0.191 e. The molecule has 0 atom stereocenters. The fourth-order valence-corrected chi connectivity index (χ4v) is 1.97. The molecular formula is C16H28N4. The number of hydrogen-bond donors (Lipinski definition) is 2. The normalized spacial score (nSPS) is 11.7. The van der Waals surface area contributed by atoms with Crippen molar-refractivity contribution >= 4 is 5.96 Å². The van der Waals surface area contributed by atoms with Crippen LogP contribution in [-0.4, -0.2) is 43.6 Å². The van der Waals surface area contributed by atoms with Gasteiger partial charge in [0.05, 0.1) is 6.54 Å². The molecule has 1 rings (SSSR count). The van der Waals surface area contributed by atoms with Crippen LogP contribution in [-0.2, 0) is 6.54 Å². The van der Waals surface area contributed by atoms with Crippen LogP contribution in [0.1, 0.15) is 26.3 Å². The fraction of sp³-hybridized carbons (Fsp3) is 0.562. The molecule has 0 unspecified atom stereocenters. The van der Waals surface area contributed by atoms with Gasteiger partial charge in [0.1, 0.15) is 0 Å². The van der Waals surface area contributed by atoms with Crippen molar-refractivity contribution in [2.75, 3.05) is 32.7 Å². The van der Waals surface area contributed by atoms with E-state index < -0.39 is 0 Å². The van der Waals surface area contributed by atoms with Gasteiger partial charge in [0.2, 0.25) is 0 Å². The third kappa shape index (κ3) is 6.57. The van der Waals surface area contributed by atoms with E-state index in [1.165, 1.54) is 5.56 Å². The van der Waals surface area contributed by atoms with Crippen molar-refractivity contribution < 1.29 is 0 Å². The molecule has 0 aliphatic rings. The Kier molecular flexibility index (Phi) is 8.47. The first-order chi connectivity index (χ1) is 9.80. The summed E-state index contributed by atoms with van der Waals surface area (Å²) in [5.41, 5.74) is 1.23. The van der Waals surface area contributed by atoms with Crippen LogP contribution in [0, 0.1) is 0 Å². The van der Waals surface area contributed by atoms with Crippen LogP contribution in [0.25, 0.3) is 0 Å². The Bertz CT molecular complexity index is 371. The highest BCUT2D eigenvalue weighted by Crippen LogP contribution is 1.99. The second kappa shape index (κ2) is 10.3. The first-order valence-corrected chi connectivity index (χ1v) is 7.58. The quantitative estimate of drug-likeness (QED) is 0.564. The van der Waals surface area contributed by atoms with Gasteiger partial charge < -0.3 is 15.5 Å². The van der Waals surface area contributed by atoms with Gasteiger partial charge in [0.25, 0.3) is 0 Å². The standard InChI is InChI=1S/C16H28N4/c1-4-17-16(18-12-13-20(5-2)6-3)19-14-15-10-8-7-9-11-15/h7-11H,4-6,12-14H2,1-3H3,(H2,17,18,19). The van der Waals surface area contributed by atoms with Crippen LogP contribution < -0.4 is 10.6 Å². The monoisotopic (exact) mass is 276 g/mol. The molecule has 0 spiro atoms. The van der Waals surface area contributed by atoms with Crippen LogP contribution in [0.2, 0.25) is 0 Å². The second-order valence-electron chi connectivity index (χ2n) is 4.63. The van der Waals surface area contributed by atoms with Crippen molar-refractivity contribution in [2.24, 2.45) is 4.99 Å². The molecule has 4 nitrogen and oxygen atoms in total. The number of hydrogen-bond acceptors (Lipinski definition) is 2. The Balaban J connectivity index is 2.43. The summed E-state index contributed by atoms with van der Waals surface area (Å²) >= 11 is 0. The summed E-state index contributed by atoms with van der Waals surface area (Å²) in [7, 11) is 0. The second-order valence-corrected chi connectivity index (χ2v) is 4.63. The van der Waals surface area contributed by atoms with Gasteiger partial charge in [0.15, 0.2) is 5.96 Å². The summed E-state index contributed by atoms with van der Waals surface area (Å²) in [5, 5.41) is 6.67. The van der Waals surface area contributed by atoms with E-state index in [-0.39, 0.29) is 0 Å². The average Bonchev–Trinajstić information content (AvgIpc) is 2.50. The minimum Gasteiger partial charge on any atom is -0.357 e. The van der Waals surface area contributed by atoms with Crippen LogP contribution in [0.3, 0.4) is 0 Å². The van der Waals surface area contributed by atoms with E-state index >= 15 is 0 Å². The molecule has 1 aromatic rings. The average molecular weight is 276 g/mol. The highest BCUT2D eigenvalue weighted by molar-refractivity contribution is 5.79. The Labute approximate surface area is 123 Å². The summed E-state index contributed by atoms with van der Waals surface area (Å²) in [5.74, 6) is 0.892. The zero-order valence-corrected chi connectivity index (χ0v) is 13.0. The SMILES string of the molecule is CCNC(=NCc1ccccc1)NCCN(CC)CC. The molecule has 0 aliphatic heterocycles. The predicted octanol–water partition coefficient (Wildman–Crippen LogP) is 2.08. The molecule has 0 aromatic heterocycles. The van der Waals surface area contributed by atoms with Gasteiger partial charge in [0, 0.05) is 19.6 Å². The number of guanidine groups is 1. The van der Waals surface area contributed by atoms with E-state index in [2.05, 4.69) is 53.4 Å². The van der Waals surface area contributed by atoms with Gasteiger partial charge in [-0.05, 0) is 25.6 Å². The van der Waals surface area contributed by atoms with E-state index in [4.69, 9.17) is 0 Å². The Hall–Kier alpha value is -1.55. The van der Waals surface area contributed by atoms with Gasteiger partial charge in [-0.15, -0.1) is 0 Å². The molecule has 0 bridgehead atoms. The third-order valence-corrected chi connectivity index (χ3v) is 3.22. The molecule has 0 aliphatic carbocycles. The number of nitrogens with one attached hydrogen (secondary N) is 2. The topological polar surface area (TPSA) is 39.7 Å². The summed E-state index contributed by atoms with van der Waals surface area (Å²) in [6, 6.07) is 10.3. The molecule has 1 aromatic carbocycles. The zero-order valence-electron chi connectivity index (χ0n) is 13.0. The molecule has 112 valence electrons. The number of benzene rings is 1. The van der Waals surface area contributed by atoms with Crippen molar-refractivity contribution in [2.45, 2.75) is 27.3 Å². The lowest BCUT2D eigenvalue weighted by Crippen LogP contribution is -2.41. The molecular weight excluding hydrogens is 248 g/mol. The maximum absolute atomic E-state index is 4.61. The smallest absolute Gasteiger partial charge is 0.191 e. The maximum atomic E-state index is 4.61. The lowest BCUT2D eigenvalue weighted by atomic mass is 10.2. The Morgan fingerprint density at radius 2 is 1.75 bits per heavy atom. The van der Waals surface area contributed by atoms with Crippen molar-refractivity contribution in [1.29, 1.82) is 0 Å². The third-order valence-electron chi connectivity index (χ3n) is 3.22. The molecule has 0 fully saturated rings. The van der Waals surface area contributed by atoms with Gasteiger partial charge in [-0.25, -0.2) is 4.99 Å². The molecule has 4 heteroatoms. The van der Waals surface area contributed by atoms with E-state index in [9.17, 15) is 0 Å². The first kappa shape index (κ1) is 16.5. The van der Waals surface area contributed by atoms with Crippen LogP contribution in [0.5, 0.6) is 0 Å². The fourth-order valence-electron chi connectivity index (χ4n) is 1.97. The molecule has 2 N–H and O–H groups in total. The van der Waals surface area contributed by atoms with E-state index in [0.29, 0.717) is 6.54 Å². The minimum absolute atomic E-state index is 0.710. The molecule has 0 saturated heterocycles. The minimum atomic E-state index is 0.710. The van der Waals surface area contributed by atoms with Gasteiger partial charge >= 0.3 is 0 Å². The van der Waals surface area contributed by atoms with Gasteiger partial charge in [-0.2, -0.15) is 0 Å². The number of rotatable bonds is 8. The molecule has 0 saturated carbocycles. The van der Waals surface area contributed by atoms with Crippen molar-refractivity contribution in [1.82, 2.24) is 15.5 Å². The van der Waals surface area contributed by atoms with Crippen molar-refractivity contribution in [3.8, 4) is 0 Å². The van der Waals surface area contributed by atoms with Crippen molar-refractivity contribution in [3.63, 3.8) is 0 Å². The van der Waals surface area contributed by atoms with Crippen molar-refractivity contribution in [3.05, 3.63) is 35.9 Å².